The third-order valence-corrected chi connectivity index (χ3v) is 6.52. The van der Waals surface area contributed by atoms with E-state index in [-0.39, 0.29) is 30.2 Å². The second kappa shape index (κ2) is 11.5. The number of carbonyl (C=O) groups excluding carboxylic acids is 3. The fraction of sp³-hybridized carbons (Fsp3) is 0.810. The maximum Gasteiger partial charge on any atom is 0.309 e. The number of hydrazone groups is 1. The van der Waals surface area contributed by atoms with Crippen molar-refractivity contribution in [2.24, 2.45) is 16.9 Å². The van der Waals surface area contributed by atoms with Gasteiger partial charge in [-0.05, 0) is 38.0 Å². The van der Waals surface area contributed by atoms with Gasteiger partial charge in [-0.2, -0.15) is 5.10 Å². The molecule has 29 heavy (non-hydrogen) atoms. The molecular formula is C21H35ClN4O3. The zero-order chi connectivity index (χ0) is 19.9. The summed E-state index contributed by atoms with van der Waals surface area (Å²) in [5, 5.41) is 7.10. The van der Waals surface area contributed by atoms with Crippen LogP contribution < -0.4 is 10.7 Å². The summed E-state index contributed by atoms with van der Waals surface area (Å²) in [5.74, 6) is -0.516. The molecule has 2 aliphatic carbocycles. The Morgan fingerprint density at radius 2 is 1.59 bits per heavy atom. The van der Waals surface area contributed by atoms with Crippen molar-refractivity contribution in [3.63, 3.8) is 0 Å². The number of likely N-dealkylation sites (tertiary alicyclic amines) is 1. The molecule has 1 unspecified atom stereocenters. The molecule has 1 saturated heterocycles. The minimum atomic E-state index is -0.726. The van der Waals surface area contributed by atoms with Crippen LogP contribution in [0.3, 0.4) is 0 Å². The Labute approximate surface area is 179 Å². The van der Waals surface area contributed by atoms with Crippen LogP contribution >= 0.6 is 12.4 Å². The molecule has 0 aromatic heterocycles. The van der Waals surface area contributed by atoms with E-state index in [1.807, 2.05) is 11.9 Å². The van der Waals surface area contributed by atoms with E-state index in [2.05, 4.69) is 15.8 Å². The number of nitrogens with zero attached hydrogens (tertiary/aromatic N) is 2. The molecule has 1 heterocycles. The number of amidine groups is 1. The molecule has 0 aromatic rings. The van der Waals surface area contributed by atoms with Gasteiger partial charge in [0.1, 0.15) is 11.9 Å². The SMILES string of the molecule is CN1CCCC1=NNC(=O)C(=O)C(NC(=O)C1CCCCC1)C1CCCCC1.Cl. The fourth-order valence-electron chi connectivity index (χ4n) is 4.75. The number of hydrogen-bond donors (Lipinski definition) is 2. The van der Waals surface area contributed by atoms with Crippen molar-refractivity contribution in [2.75, 3.05) is 13.6 Å². The Bertz CT molecular complexity index is 613. The lowest BCUT2D eigenvalue weighted by molar-refractivity contribution is -0.141. The summed E-state index contributed by atoms with van der Waals surface area (Å²) >= 11 is 0. The lowest BCUT2D eigenvalue weighted by Crippen LogP contribution is -2.52. The van der Waals surface area contributed by atoms with Crippen LogP contribution in [0.15, 0.2) is 5.10 Å². The molecular weight excluding hydrogens is 392 g/mol. The van der Waals surface area contributed by atoms with Crippen LogP contribution in [0.4, 0.5) is 0 Å². The molecule has 2 saturated carbocycles. The number of nitrogens with one attached hydrogen (secondary N) is 2. The fourth-order valence-corrected chi connectivity index (χ4v) is 4.75. The summed E-state index contributed by atoms with van der Waals surface area (Å²) in [6.45, 7) is 0.908. The molecule has 2 amide bonds. The minimum Gasteiger partial charge on any atom is -0.362 e. The lowest BCUT2D eigenvalue weighted by Gasteiger charge is -2.31. The summed E-state index contributed by atoms with van der Waals surface area (Å²) in [6.07, 6.45) is 11.9. The highest BCUT2D eigenvalue weighted by molar-refractivity contribution is 6.38. The number of ketones is 1. The second-order valence-corrected chi connectivity index (χ2v) is 8.58. The predicted octanol–water partition coefficient (Wildman–Crippen LogP) is 2.78. The number of amides is 2. The van der Waals surface area contributed by atoms with E-state index in [1.54, 1.807) is 0 Å². The number of Topliss-reactive ketones (excluding diaryl/α,β-unsaturated/α-hetero) is 1. The van der Waals surface area contributed by atoms with Crippen molar-refractivity contribution in [3.05, 3.63) is 0 Å². The molecule has 2 N–H and O–H groups in total. The lowest BCUT2D eigenvalue weighted by atomic mass is 9.81. The molecule has 3 rings (SSSR count). The first-order chi connectivity index (χ1) is 13.6. The van der Waals surface area contributed by atoms with Gasteiger partial charge in [-0.15, -0.1) is 12.4 Å². The summed E-state index contributed by atoms with van der Waals surface area (Å²) in [5.41, 5.74) is 2.43. The van der Waals surface area contributed by atoms with E-state index in [4.69, 9.17) is 0 Å². The Kier molecular flexibility index (Phi) is 9.40. The molecule has 0 radical (unpaired) electrons. The number of rotatable bonds is 6. The van der Waals surface area contributed by atoms with Gasteiger partial charge in [-0.25, -0.2) is 5.43 Å². The first-order valence-corrected chi connectivity index (χ1v) is 11.0. The Hall–Kier alpha value is -1.63. The van der Waals surface area contributed by atoms with Gasteiger partial charge in [-0.3, -0.25) is 14.4 Å². The van der Waals surface area contributed by atoms with Crippen LogP contribution in [0.5, 0.6) is 0 Å². The topological polar surface area (TPSA) is 90.9 Å². The number of carbonyl (C=O) groups is 3. The van der Waals surface area contributed by atoms with Gasteiger partial charge in [0.05, 0.1) is 0 Å². The average Bonchev–Trinajstić information content (AvgIpc) is 3.15. The predicted molar refractivity (Wildman–Crippen MR) is 115 cm³/mol. The number of hydrogen-bond acceptors (Lipinski definition) is 4. The molecule has 1 atom stereocenters. The number of halogens is 1. The highest BCUT2D eigenvalue weighted by Crippen LogP contribution is 2.28. The van der Waals surface area contributed by atoms with Crippen LogP contribution in [0, 0.1) is 11.8 Å². The van der Waals surface area contributed by atoms with Gasteiger partial charge >= 0.3 is 5.91 Å². The monoisotopic (exact) mass is 426 g/mol. The van der Waals surface area contributed by atoms with Gasteiger partial charge in [0.15, 0.2) is 0 Å². The molecule has 7 nitrogen and oxygen atoms in total. The largest absolute Gasteiger partial charge is 0.362 e. The van der Waals surface area contributed by atoms with Crippen LogP contribution in [0.2, 0.25) is 0 Å². The zero-order valence-electron chi connectivity index (χ0n) is 17.5. The van der Waals surface area contributed by atoms with Crippen LogP contribution in [-0.4, -0.2) is 48.0 Å². The Morgan fingerprint density at radius 3 is 2.17 bits per heavy atom. The summed E-state index contributed by atoms with van der Waals surface area (Å²) in [6, 6.07) is -0.726. The van der Waals surface area contributed by atoms with Gasteiger partial charge in [-0.1, -0.05) is 38.5 Å². The Balaban J connectivity index is 0.00000300. The Morgan fingerprint density at radius 1 is 0.966 bits per heavy atom. The van der Waals surface area contributed by atoms with Crippen molar-refractivity contribution in [1.82, 2.24) is 15.6 Å². The molecule has 1 aliphatic heterocycles. The zero-order valence-corrected chi connectivity index (χ0v) is 18.3. The van der Waals surface area contributed by atoms with E-state index in [0.717, 1.165) is 83.0 Å². The van der Waals surface area contributed by atoms with Gasteiger partial charge in [0.2, 0.25) is 11.7 Å². The maximum absolute atomic E-state index is 12.9. The molecule has 3 aliphatic rings. The van der Waals surface area contributed by atoms with Crippen molar-refractivity contribution in [3.8, 4) is 0 Å². The molecule has 0 aromatic carbocycles. The molecule has 0 spiro atoms. The van der Waals surface area contributed by atoms with E-state index in [9.17, 15) is 14.4 Å². The van der Waals surface area contributed by atoms with E-state index >= 15 is 0 Å². The van der Waals surface area contributed by atoms with Crippen molar-refractivity contribution < 1.29 is 14.4 Å². The van der Waals surface area contributed by atoms with Crippen LogP contribution in [-0.2, 0) is 14.4 Å². The highest BCUT2D eigenvalue weighted by atomic mass is 35.5. The third-order valence-electron chi connectivity index (χ3n) is 6.52. The third kappa shape index (κ3) is 6.43. The summed E-state index contributed by atoms with van der Waals surface area (Å²) in [4.78, 5) is 40.2. The van der Waals surface area contributed by atoms with Crippen molar-refractivity contribution >= 4 is 35.8 Å². The minimum absolute atomic E-state index is 0. The highest BCUT2D eigenvalue weighted by Gasteiger charge is 2.36. The summed E-state index contributed by atoms with van der Waals surface area (Å²) < 4.78 is 0. The molecule has 164 valence electrons. The molecule has 0 bridgehead atoms. The first-order valence-electron chi connectivity index (χ1n) is 11.0. The molecule has 3 fully saturated rings. The second-order valence-electron chi connectivity index (χ2n) is 8.58. The van der Waals surface area contributed by atoms with Gasteiger partial charge < -0.3 is 10.2 Å². The van der Waals surface area contributed by atoms with Crippen molar-refractivity contribution in [2.45, 2.75) is 83.1 Å². The van der Waals surface area contributed by atoms with Crippen LogP contribution in [0.1, 0.15) is 77.0 Å². The average molecular weight is 427 g/mol. The van der Waals surface area contributed by atoms with Crippen LogP contribution in [0.25, 0.3) is 0 Å². The van der Waals surface area contributed by atoms with E-state index < -0.39 is 17.7 Å². The standard InChI is InChI=1S/C21H34N4O3.ClH/c1-25-14-8-13-17(25)23-24-21(28)19(26)18(15-9-4-2-5-10-15)22-20(27)16-11-6-3-7-12-16;/h15-16,18H,2-14H2,1H3,(H,22,27)(H,24,28);1H. The van der Waals surface area contributed by atoms with Crippen molar-refractivity contribution in [1.29, 1.82) is 0 Å². The van der Waals surface area contributed by atoms with Gasteiger partial charge in [0.25, 0.3) is 0 Å². The van der Waals surface area contributed by atoms with E-state index in [0.29, 0.717) is 0 Å². The quantitative estimate of drug-likeness (QED) is 0.504. The van der Waals surface area contributed by atoms with E-state index in [1.165, 1.54) is 6.42 Å². The summed E-state index contributed by atoms with van der Waals surface area (Å²) in [7, 11) is 1.93. The maximum atomic E-state index is 12.9. The molecule has 8 heteroatoms. The normalized spacial score (nSPS) is 23.3. The van der Waals surface area contributed by atoms with Gasteiger partial charge in [0, 0.05) is 25.9 Å². The first kappa shape index (κ1) is 23.6. The smallest absolute Gasteiger partial charge is 0.309 e.